The number of primary amides is 2. The molecule has 0 radical (unpaired) electrons. The second-order valence-corrected chi connectivity index (χ2v) is 12.0. The molecule has 14 nitrogen and oxygen atoms in total. The number of aromatic nitrogens is 2. The van der Waals surface area contributed by atoms with Crippen LogP contribution >= 0.6 is 0 Å². The summed E-state index contributed by atoms with van der Waals surface area (Å²) in [6.07, 6.45) is 8.72. The molecule has 2 aromatic carbocycles. The van der Waals surface area contributed by atoms with Crippen molar-refractivity contribution < 1.29 is 29.1 Å². The van der Waals surface area contributed by atoms with Gasteiger partial charge in [-0.15, -0.1) is 0 Å². The molecular formula is C34H30N6O8. The van der Waals surface area contributed by atoms with Crippen LogP contribution in [0, 0.1) is 5.41 Å². The van der Waals surface area contributed by atoms with Crippen molar-refractivity contribution in [3.8, 4) is 11.6 Å². The first-order chi connectivity index (χ1) is 22.6. The summed E-state index contributed by atoms with van der Waals surface area (Å²) < 4.78 is 0.771. The van der Waals surface area contributed by atoms with Crippen LogP contribution in [-0.4, -0.2) is 44.3 Å². The Balaban J connectivity index is 1.48. The van der Waals surface area contributed by atoms with Gasteiger partial charge in [0.05, 0.1) is 11.4 Å². The maximum Gasteiger partial charge on any atom is 0.335 e. The summed E-state index contributed by atoms with van der Waals surface area (Å²) in [6, 6.07) is 10.2. The Bertz CT molecular complexity index is 2170. The van der Waals surface area contributed by atoms with Crippen molar-refractivity contribution in [3.05, 3.63) is 127 Å². The van der Waals surface area contributed by atoms with Crippen LogP contribution < -0.4 is 32.9 Å². The van der Waals surface area contributed by atoms with E-state index in [2.05, 4.69) is 10.3 Å². The summed E-state index contributed by atoms with van der Waals surface area (Å²) in [5.41, 5.74) is 9.77. The minimum absolute atomic E-state index is 0.0520. The highest BCUT2D eigenvalue weighted by Crippen LogP contribution is 2.38. The number of aromatic hydroxyl groups is 1. The van der Waals surface area contributed by atoms with E-state index in [9.17, 15) is 38.7 Å². The summed E-state index contributed by atoms with van der Waals surface area (Å²) >= 11 is 0. The molecule has 48 heavy (non-hydrogen) atoms. The van der Waals surface area contributed by atoms with Crippen LogP contribution in [0.5, 0.6) is 5.88 Å². The number of rotatable bonds is 7. The molecule has 1 saturated heterocycles. The van der Waals surface area contributed by atoms with Gasteiger partial charge in [-0.05, 0) is 78.0 Å². The number of carbonyl (C=O) groups excluding carboxylic acids is 5. The monoisotopic (exact) mass is 650 g/mol. The fourth-order valence-corrected chi connectivity index (χ4v) is 5.53. The third kappa shape index (κ3) is 6.67. The molecule has 14 heteroatoms. The Kier molecular flexibility index (Phi) is 8.66. The van der Waals surface area contributed by atoms with E-state index in [0.29, 0.717) is 18.4 Å². The van der Waals surface area contributed by atoms with E-state index in [1.807, 2.05) is 13.8 Å². The third-order valence-corrected chi connectivity index (χ3v) is 7.66. The molecular weight excluding hydrogens is 620 g/mol. The third-order valence-electron chi connectivity index (χ3n) is 7.66. The number of nitrogens with zero attached hydrogens (tertiary/aromatic N) is 2. The Hall–Kier alpha value is -6.57. The number of carbonyl (C=O) groups is 5. The van der Waals surface area contributed by atoms with Crippen LogP contribution in [0.1, 0.15) is 53.0 Å². The highest BCUT2D eigenvalue weighted by molar-refractivity contribution is 6.37. The average molecular weight is 651 g/mol. The van der Waals surface area contributed by atoms with Crippen LogP contribution in [0.25, 0.3) is 11.8 Å². The Morgan fingerprint density at radius 2 is 1.50 bits per heavy atom. The number of nitrogens with two attached hydrogens (primary N) is 2. The fraction of sp³-hybridized carbons (Fsp3) is 0.147. The lowest BCUT2D eigenvalue weighted by molar-refractivity contribution is -0.122. The van der Waals surface area contributed by atoms with Gasteiger partial charge in [-0.2, -0.15) is 0 Å². The predicted octanol–water partition coefficient (Wildman–Crippen LogP) is 2.32. The molecule has 7 N–H and O–H groups in total. The van der Waals surface area contributed by atoms with Crippen LogP contribution in [0.2, 0.25) is 0 Å². The van der Waals surface area contributed by atoms with Crippen molar-refractivity contribution in [1.29, 1.82) is 0 Å². The van der Waals surface area contributed by atoms with Gasteiger partial charge in [0.2, 0.25) is 17.7 Å². The SMILES string of the molecule is CC1(C)CC(/C=C/c2c(O)[nH]c(=O)n(-c3cccc(C(N)=O)c3)c2=O)=CC(=C/C=C2/C(=O)NC(=O)N(c3cccc(C(N)=O)c3)C2=O)/C1. The maximum absolute atomic E-state index is 13.4. The lowest BCUT2D eigenvalue weighted by atomic mass is 9.75. The minimum Gasteiger partial charge on any atom is -0.494 e. The molecule has 1 aliphatic carbocycles. The van der Waals surface area contributed by atoms with Crippen molar-refractivity contribution in [2.45, 2.75) is 26.7 Å². The minimum atomic E-state index is -0.979. The molecule has 1 aliphatic heterocycles. The van der Waals surface area contributed by atoms with Gasteiger partial charge in [0.15, 0.2) is 0 Å². The highest BCUT2D eigenvalue weighted by atomic mass is 16.3. The van der Waals surface area contributed by atoms with E-state index in [0.717, 1.165) is 15.0 Å². The molecule has 3 aromatic rings. The molecule has 1 fully saturated rings. The number of allylic oxidation sites excluding steroid dienone is 6. The molecule has 0 unspecified atom stereocenters. The second-order valence-electron chi connectivity index (χ2n) is 12.0. The van der Waals surface area contributed by atoms with E-state index in [1.54, 1.807) is 18.2 Å². The first-order valence-corrected chi connectivity index (χ1v) is 14.5. The molecule has 244 valence electrons. The number of hydrogen-bond donors (Lipinski definition) is 5. The van der Waals surface area contributed by atoms with Gasteiger partial charge in [-0.25, -0.2) is 19.1 Å². The summed E-state index contributed by atoms with van der Waals surface area (Å²) in [6.45, 7) is 3.99. The number of H-pyrrole nitrogens is 1. The second kappa shape index (κ2) is 12.7. The lowest BCUT2D eigenvalue weighted by Gasteiger charge is -2.30. The molecule has 0 saturated carbocycles. The Labute approximate surface area is 272 Å². The van der Waals surface area contributed by atoms with E-state index in [1.165, 1.54) is 60.7 Å². The number of benzene rings is 2. The number of anilines is 1. The van der Waals surface area contributed by atoms with E-state index in [4.69, 9.17) is 11.5 Å². The van der Waals surface area contributed by atoms with Crippen LogP contribution in [0.3, 0.4) is 0 Å². The lowest BCUT2D eigenvalue weighted by Crippen LogP contribution is -2.54. The van der Waals surface area contributed by atoms with Gasteiger partial charge >= 0.3 is 11.7 Å². The smallest absolute Gasteiger partial charge is 0.335 e. The number of nitrogens with one attached hydrogen (secondary N) is 2. The zero-order chi connectivity index (χ0) is 34.9. The number of barbiturate groups is 1. The normalized spacial score (nSPS) is 17.9. The van der Waals surface area contributed by atoms with Crippen LogP contribution in [0.4, 0.5) is 10.5 Å². The largest absolute Gasteiger partial charge is 0.494 e. The molecule has 0 spiro atoms. The van der Waals surface area contributed by atoms with Crippen molar-refractivity contribution in [2.75, 3.05) is 4.90 Å². The molecule has 2 heterocycles. The van der Waals surface area contributed by atoms with Crippen molar-refractivity contribution in [2.24, 2.45) is 16.9 Å². The number of hydrogen-bond acceptors (Lipinski definition) is 8. The molecule has 6 amide bonds. The number of imide groups is 2. The topological polar surface area (TPSA) is 228 Å². The molecule has 0 bridgehead atoms. The van der Waals surface area contributed by atoms with Gasteiger partial charge in [0.1, 0.15) is 11.1 Å². The zero-order valence-corrected chi connectivity index (χ0v) is 25.8. The summed E-state index contributed by atoms with van der Waals surface area (Å²) in [5, 5.41) is 12.6. The summed E-state index contributed by atoms with van der Waals surface area (Å²) in [5.74, 6) is -3.95. The van der Waals surface area contributed by atoms with Gasteiger partial charge in [-0.3, -0.25) is 34.3 Å². The average Bonchev–Trinajstić information content (AvgIpc) is 3.00. The number of amides is 6. The molecule has 2 aliphatic rings. The molecule has 0 atom stereocenters. The molecule has 1 aromatic heterocycles. The first-order valence-electron chi connectivity index (χ1n) is 14.5. The van der Waals surface area contributed by atoms with E-state index in [-0.39, 0.29) is 39.1 Å². The van der Waals surface area contributed by atoms with Crippen molar-refractivity contribution in [3.63, 3.8) is 0 Å². The zero-order valence-electron chi connectivity index (χ0n) is 25.8. The first kappa shape index (κ1) is 32.8. The van der Waals surface area contributed by atoms with Crippen LogP contribution in [0.15, 0.2) is 99.1 Å². The summed E-state index contributed by atoms with van der Waals surface area (Å²) in [4.78, 5) is 90.8. The molecule has 5 rings (SSSR count). The Morgan fingerprint density at radius 3 is 2.15 bits per heavy atom. The van der Waals surface area contributed by atoms with Gasteiger partial charge in [0.25, 0.3) is 17.4 Å². The quantitative estimate of drug-likeness (QED) is 0.188. The fourth-order valence-electron chi connectivity index (χ4n) is 5.53. The predicted molar refractivity (Wildman–Crippen MR) is 175 cm³/mol. The summed E-state index contributed by atoms with van der Waals surface area (Å²) in [7, 11) is 0. The Morgan fingerprint density at radius 1 is 0.875 bits per heavy atom. The number of urea groups is 1. The maximum atomic E-state index is 13.4. The van der Waals surface area contributed by atoms with E-state index < -0.39 is 46.8 Å². The van der Waals surface area contributed by atoms with Crippen LogP contribution in [-0.2, 0) is 9.59 Å². The van der Waals surface area contributed by atoms with Gasteiger partial charge in [0, 0.05) is 11.1 Å². The van der Waals surface area contributed by atoms with E-state index >= 15 is 0 Å². The van der Waals surface area contributed by atoms with Gasteiger partial charge in [-0.1, -0.05) is 44.2 Å². The highest BCUT2D eigenvalue weighted by Gasteiger charge is 2.37. The number of aromatic amines is 1. The van der Waals surface area contributed by atoms with Crippen molar-refractivity contribution >= 4 is 41.4 Å². The van der Waals surface area contributed by atoms with Crippen molar-refractivity contribution in [1.82, 2.24) is 14.9 Å². The standard InChI is InChI=1S/C34H30N6O8/c1-34(2)16-18(9-11-24-28(43)37-32(47)39(30(24)45)22-7-3-5-20(14-22)26(35)41)13-19(17-34)10-12-25-29(44)38-33(48)40(31(25)46)23-8-4-6-21(15-23)27(36)42/h3-15,43H,16-17H2,1-2H3,(H2,35,41)(H2,36,42)(H,37,47)(H,38,44,48)/b11-9+,19-10-,25-12-. The van der Waals surface area contributed by atoms with Gasteiger partial charge < -0.3 is 16.6 Å².